The third-order valence-corrected chi connectivity index (χ3v) is 3.47. The zero-order valence-electron chi connectivity index (χ0n) is 14.0. The highest BCUT2D eigenvalue weighted by molar-refractivity contribution is 5.94. The standard InChI is InChI=1S/C19H26N2/c1-18(2,3)17(19(4,5)6)21-20-16-12-11-14-9-7-8-10-15(14)13-16/h7-13,20H,1-6H3. The lowest BCUT2D eigenvalue weighted by atomic mass is 9.75. The van der Waals surface area contributed by atoms with Gasteiger partial charge in [-0.1, -0.05) is 71.9 Å². The Hall–Kier alpha value is -1.83. The first-order chi connectivity index (χ1) is 9.68. The molecule has 0 bridgehead atoms. The maximum atomic E-state index is 4.71. The summed E-state index contributed by atoms with van der Waals surface area (Å²) in [6.07, 6.45) is 0. The monoisotopic (exact) mass is 282 g/mol. The third-order valence-electron chi connectivity index (χ3n) is 3.47. The summed E-state index contributed by atoms with van der Waals surface area (Å²) in [4.78, 5) is 0. The molecule has 0 aromatic heterocycles. The molecule has 0 aliphatic heterocycles. The summed E-state index contributed by atoms with van der Waals surface area (Å²) in [5.74, 6) is 0. The van der Waals surface area contributed by atoms with Gasteiger partial charge in [0.2, 0.25) is 0 Å². The molecular weight excluding hydrogens is 256 g/mol. The average Bonchev–Trinajstić information content (AvgIpc) is 2.35. The molecule has 2 heteroatoms. The minimum absolute atomic E-state index is 0.0437. The molecular formula is C19H26N2. The molecule has 1 N–H and O–H groups in total. The van der Waals surface area contributed by atoms with Crippen molar-refractivity contribution in [1.82, 2.24) is 0 Å². The van der Waals surface area contributed by atoms with E-state index in [-0.39, 0.29) is 10.8 Å². The summed E-state index contributed by atoms with van der Waals surface area (Å²) >= 11 is 0. The van der Waals surface area contributed by atoms with Crippen molar-refractivity contribution in [2.45, 2.75) is 41.5 Å². The normalized spacial score (nSPS) is 12.3. The Morgan fingerprint density at radius 1 is 0.810 bits per heavy atom. The average molecular weight is 282 g/mol. The van der Waals surface area contributed by atoms with E-state index < -0.39 is 0 Å². The van der Waals surface area contributed by atoms with Crippen LogP contribution in [-0.4, -0.2) is 5.71 Å². The molecule has 112 valence electrons. The number of fused-ring (bicyclic) bond motifs is 1. The van der Waals surface area contributed by atoms with Gasteiger partial charge in [-0.2, -0.15) is 5.10 Å². The SMILES string of the molecule is CC(C)(C)C(=NNc1ccc2ccccc2c1)C(C)(C)C. The molecule has 0 unspecified atom stereocenters. The molecule has 2 aromatic carbocycles. The molecule has 21 heavy (non-hydrogen) atoms. The number of hydrazone groups is 1. The van der Waals surface area contributed by atoms with Crippen LogP contribution >= 0.6 is 0 Å². The zero-order chi connectivity index (χ0) is 15.7. The van der Waals surface area contributed by atoms with Crippen LogP contribution in [0.1, 0.15) is 41.5 Å². The van der Waals surface area contributed by atoms with Crippen LogP contribution in [-0.2, 0) is 0 Å². The fourth-order valence-electron chi connectivity index (χ4n) is 2.84. The van der Waals surface area contributed by atoms with Gasteiger partial charge in [0.05, 0.1) is 5.69 Å². The molecule has 0 aliphatic carbocycles. The summed E-state index contributed by atoms with van der Waals surface area (Å²) in [6.45, 7) is 13.2. The van der Waals surface area contributed by atoms with Gasteiger partial charge in [-0.25, -0.2) is 0 Å². The largest absolute Gasteiger partial charge is 0.279 e. The van der Waals surface area contributed by atoms with E-state index in [9.17, 15) is 0 Å². The lowest BCUT2D eigenvalue weighted by molar-refractivity contribution is 0.478. The topological polar surface area (TPSA) is 24.4 Å². The van der Waals surface area contributed by atoms with Crippen LogP contribution in [0, 0.1) is 10.8 Å². The zero-order valence-corrected chi connectivity index (χ0v) is 14.0. The summed E-state index contributed by atoms with van der Waals surface area (Å²) < 4.78 is 0. The highest BCUT2D eigenvalue weighted by Gasteiger charge is 2.30. The Balaban J connectivity index is 2.32. The van der Waals surface area contributed by atoms with Gasteiger partial charge in [-0.05, 0) is 22.9 Å². The van der Waals surface area contributed by atoms with Gasteiger partial charge in [0.1, 0.15) is 0 Å². The quantitative estimate of drug-likeness (QED) is 0.554. The molecule has 0 saturated heterocycles. The summed E-state index contributed by atoms with van der Waals surface area (Å²) in [5.41, 5.74) is 5.52. The number of rotatable bonds is 2. The lowest BCUT2D eigenvalue weighted by Gasteiger charge is -2.31. The van der Waals surface area contributed by atoms with Gasteiger partial charge in [-0.15, -0.1) is 0 Å². The van der Waals surface area contributed by atoms with Crippen LogP contribution in [0.2, 0.25) is 0 Å². The molecule has 0 aliphatic rings. The van der Waals surface area contributed by atoms with Gasteiger partial charge < -0.3 is 0 Å². The van der Waals surface area contributed by atoms with Crippen molar-refractivity contribution in [1.29, 1.82) is 0 Å². The predicted molar refractivity (Wildman–Crippen MR) is 93.9 cm³/mol. The minimum atomic E-state index is 0.0437. The van der Waals surface area contributed by atoms with Crippen LogP contribution < -0.4 is 5.43 Å². The first-order valence-electron chi connectivity index (χ1n) is 7.51. The molecule has 0 saturated carbocycles. The lowest BCUT2D eigenvalue weighted by Crippen LogP contribution is -2.33. The summed E-state index contributed by atoms with van der Waals surface area (Å²) in [5, 5.41) is 7.19. The smallest absolute Gasteiger partial charge is 0.0568 e. The Labute approximate surface area is 128 Å². The maximum Gasteiger partial charge on any atom is 0.0568 e. The molecule has 0 radical (unpaired) electrons. The Bertz CT molecular complexity index is 639. The van der Waals surface area contributed by atoms with Crippen LogP contribution in [0.5, 0.6) is 0 Å². The van der Waals surface area contributed by atoms with Crippen LogP contribution in [0.4, 0.5) is 5.69 Å². The van der Waals surface area contributed by atoms with E-state index >= 15 is 0 Å². The first-order valence-corrected chi connectivity index (χ1v) is 7.51. The number of nitrogens with zero attached hydrogens (tertiary/aromatic N) is 1. The van der Waals surface area contributed by atoms with Crippen molar-refractivity contribution in [3.8, 4) is 0 Å². The van der Waals surface area contributed by atoms with Gasteiger partial charge in [-0.3, -0.25) is 5.43 Å². The fraction of sp³-hybridized carbons (Fsp3) is 0.421. The highest BCUT2D eigenvalue weighted by Crippen LogP contribution is 2.30. The summed E-state index contributed by atoms with van der Waals surface area (Å²) in [6, 6.07) is 14.7. The van der Waals surface area contributed by atoms with Crippen molar-refractivity contribution in [2.24, 2.45) is 15.9 Å². The van der Waals surface area contributed by atoms with E-state index in [1.165, 1.54) is 16.5 Å². The van der Waals surface area contributed by atoms with E-state index in [2.05, 4.69) is 89.4 Å². The molecule has 2 aromatic rings. The van der Waals surface area contributed by atoms with Gasteiger partial charge in [0.25, 0.3) is 0 Å². The number of benzene rings is 2. The second-order valence-electron chi connectivity index (χ2n) is 7.63. The molecule has 0 spiro atoms. The van der Waals surface area contributed by atoms with E-state index in [1.807, 2.05) is 0 Å². The Morgan fingerprint density at radius 3 is 1.95 bits per heavy atom. The van der Waals surface area contributed by atoms with E-state index in [4.69, 9.17) is 5.10 Å². The molecule has 0 amide bonds. The molecule has 2 rings (SSSR count). The predicted octanol–water partition coefficient (Wildman–Crippen LogP) is 5.70. The maximum absolute atomic E-state index is 4.71. The van der Waals surface area contributed by atoms with Gasteiger partial charge in [0.15, 0.2) is 0 Å². The summed E-state index contributed by atoms with van der Waals surface area (Å²) in [7, 11) is 0. The Morgan fingerprint density at radius 2 is 1.38 bits per heavy atom. The van der Waals surface area contributed by atoms with Crippen LogP contribution in [0.15, 0.2) is 47.6 Å². The third kappa shape index (κ3) is 3.84. The van der Waals surface area contributed by atoms with Crippen molar-refractivity contribution in [2.75, 3.05) is 5.43 Å². The number of nitrogens with one attached hydrogen (secondary N) is 1. The number of anilines is 1. The highest BCUT2D eigenvalue weighted by atomic mass is 15.3. The number of hydrogen-bond donors (Lipinski definition) is 1. The van der Waals surface area contributed by atoms with E-state index in [0.717, 1.165) is 5.69 Å². The van der Waals surface area contributed by atoms with Crippen molar-refractivity contribution < 1.29 is 0 Å². The van der Waals surface area contributed by atoms with Gasteiger partial charge in [0, 0.05) is 16.5 Å². The van der Waals surface area contributed by atoms with Crippen molar-refractivity contribution >= 4 is 22.2 Å². The molecule has 0 heterocycles. The van der Waals surface area contributed by atoms with Crippen LogP contribution in [0.3, 0.4) is 0 Å². The molecule has 0 fully saturated rings. The van der Waals surface area contributed by atoms with Crippen molar-refractivity contribution in [3.63, 3.8) is 0 Å². The second-order valence-corrected chi connectivity index (χ2v) is 7.63. The molecule has 0 atom stereocenters. The van der Waals surface area contributed by atoms with Crippen molar-refractivity contribution in [3.05, 3.63) is 42.5 Å². The molecule has 2 nitrogen and oxygen atoms in total. The first kappa shape index (κ1) is 15.6. The van der Waals surface area contributed by atoms with Crippen LogP contribution in [0.25, 0.3) is 10.8 Å². The fourth-order valence-corrected chi connectivity index (χ4v) is 2.84. The second kappa shape index (κ2) is 5.51. The minimum Gasteiger partial charge on any atom is -0.279 e. The van der Waals surface area contributed by atoms with E-state index in [0.29, 0.717) is 0 Å². The van der Waals surface area contributed by atoms with E-state index in [1.54, 1.807) is 0 Å². The number of hydrogen-bond acceptors (Lipinski definition) is 2. The Kier molecular flexibility index (Phi) is 4.08. The van der Waals surface area contributed by atoms with Gasteiger partial charge >= 0.3 is 0 Å².